The zero-order chi connectivity index (χ0) is 13.8. The maximum atomic E-state index is 13.0. The SMILES string of the molecule is O=[N+]([O-])c1ccc(F)cc1NS(=O)(=O)CCCCl. The van der Waals surface area contributed by atoms with Crippen LogP contribution in [0.3, 0.4) is 0 Å². The third-order valence-corrected chi connectivity index (χ3v) is 3.59. The number of benzene rings is 1. The van der Waals surface area contributed by atoms with Crippen molar-refractivity contribution in [3.05, 3.63) is 34.1 Å². The summed E-state index contributed by atoms with van der Waals surface area (Å²) < 4.78 is 38.0. The van der Waals surface area contributed by atoms with Crippen LogP contribution in [-0.4, -0.2) is 25.0 Å². The summed E-state index contributed by atoms with van der Waals surface area (Å²) in [5.74, 6) is -0.910. The van der Waals surface area contributed by atoms with Crippen LogP contribution in [0.2, 0.25) is 0 Å². The number of anilines is 1. The molecule has 0 atom stereocenters. The van der Waals surface area contributed by atoms with Gasteiger partial charge in [0.1, 0.15) is 11.5 Å². The van der Waals surface area contributed by atoms with Gasteiger partial charge in [-0.3, -0.25) is 14.8 Å². The van der Waals surface area contributed by atoms with E-state index in [-0.39, 0.29) is 18.1 Å². The van der Waals surface area contributed by atoms with E-state index in [1.165, 1.54) is 0 Å². The van der Waals surface area contributed by atoms with Gasteiger partial charge in [-0.15, -0.1) is 11.6 Å². The molecule has 1 N–H and O–H groups in total. The number of sulfonamides is 1. The summed E-state index contributed by atoms with van der Waals surface area (Å²) in [6.07, 6.45) is 0.194. The van der Waals surface area contributed by atoms with E-state index in [4.69, 9.17) is 11.6 Å². The van der Waals surface area contributed by atoms with E-state index in [0.717, 1.165) is 18.2 Å². The van der Waals surface area contributed by atoms with Crippen LogP contribution in [0.1, 0.15) is 6.42 Å². The maximum Gasteiger partial charge on any atom is 0.293 e. The molecule has 0 unspecified atom stereocenters. The van der Waals surface area contributed by atoms with Gasteiger partial charge in [-0.2, -0.15) is 0 Å². The normalized spacial score (nSPS) is 11.2. The zero-order valence-electron chi connectivity index (χ0n) is 9.10. The molecule has 0 saturated heterocycles. The van der Waals surface area contributed by atoms with E-state index >= 15 is 0 Å². The molecular weight excluding hydrogens is 287 g/mol. The fourth-order valence-electron chi connectivity index (χ4n) is 1.21. The van der Waals surface area contributed by atoms with Crippen LogP contribution in [0.4, 0.5) is 15.8 Å². The van der Waals surface area contributed by atoms with Crippen molar-refractivity contribution in [1.29, 1.82) is 0 Å². The van der Waals surface area contributed by atoms with E-state index in [1.54, 1.807) is 0 Å². The van der Waals surface area contributed by atoms with Crippen LogP contribution in [-0.2, 0) is 10.0 Å². The van der Waals surface area contributed by atoms with Gasteiger partial charge in [-0.25, -0.2) is 12.8 Å². The first-order valence-electron chi connectivity index (χ1n) is 4.86. The second-order valence-corrected chi connectivity index (χ2v) is 5.60. The second kappa shape index (κ2) is 5.96. The predicted molar refractivity (Wildman–Crippen MR) is 65.8 cm³/mol. The molecule has 9 heteroatoms. The number of alkyl halides is 1. The minimum Gasteiger partial charge on any atom is -0.277 e. The molecule has 1 aromatic rings. The largest absolute Gasteiger partial charge is 0.293 e. The van der Waals surface area contributed by atoms with Crippen LogP contribution >= 0.6 is 11.6 Å². The quantitative estimate of drug-likeness (QED) is 0.494. The lowest BCUT2D eigenvalue weighted by molar-refractivity contribution is -0.383. The highest BCUT2D eigenvalue weighted by Gasteiger charge is 2.19. The fraction of sp³-hybridized carbons (Fsp3) is 0.333. The topological polar surface area (TPSA) is 89.3 Å². The summed E-state index contributed by atoms with van der Waals surface area (Å²) in [5.41, 5.74) is -0.902. The van der Waals surface area contributed by atoms with Crippen molar-refractivity contribution in [2.75, 3.05) is 16.4 Å². The molecule has 0 spiro atoms. The zero-order valence-corrected chi connectivity index (χ0v) is 10.7. The number of hydrogen-bond donors (Lipinski definition) is 1. The number of nitro benzene ring substituents is 1. The average Bonchev–Trinajstić information content (AvgIpc) is 2.25. The molecule has 0 aromatic heterocycles. The van der Waals surface area contributed by atoms with Crippen LogP contribution in [0.25, 0.3) is 0 Å². The molecule has 0 fully saturated rings. The Labute approximate surface area is 108 Å². The molecule has 0 heterocycles. The summed E-state index contributed by atoms with van der Waals surface area (Å²) >= 11 is 5.36. The maximum absolute atomic E-state index is 13.0. The molecule has 100 valence electrons. The number of nitrogens with zero attached hydrogens (tertiary/aromatic N) is 1. The van der Waals surface area contributed by atoms with Gasteiger partial charge in [0.25, 0.3) is 5.69 Å². The minimum atomic E-state index is -3.78. The van der Waals surface area contributed by atoms with Crippen molar-refractivity contribution in [3.8, 4) is 0 Å². The predicted octanol–water partition coefficient (Wildman–Crippen LogP) is 2.10. The fourth-order valence-corrected chi connectivity index (χ4v) is 2.63. The van der Waals surface area contributed by atoms with Gasteiger partial charge in [-0.1, -0.05) is 0 Å². The standard InChI is InChI=1S/C9H10ClFN2O4S/c10-4-1-5-18(16,17)12-8-6-7(11)2-3-9(8)13(14)15/h2-3,6,12H,1,4-5H2. The third kappa shape index (κ3) is 4.11. The van der Waals surface area contributed by atoms with Gasteiger partial charge in [0, 0.05) is 18.0 Å². The second-order valence-electron chi connectivity index (χ2n) is 3.38. The summed E-state index contributed by atoms with van der Waals surface area (Å²) in [6, 6.07) is 2.54. The molecule has 0 aliphatic heterocycles. The molecule has 18 heavy (non-hydrogen) atoms. The summed E-state index contributed by atoms with van der Waals surface area (Å²) in [7, 11) is -3.78. The lowest BCUT2D eigenvalue weighted by atomic mass is 10.3. The number of rotatable bonds is 6. The highest BCUT2D eigenvalue weighted by molar-refractivity contribution is 7.92. The average molecular weight is 297 g/mol. The minimum absolute atomic E-state index is 0.145. The highest BCUT2D eigenvalue weighted by Crippen LogP contribution is 2.26. The summed E-state index contributed by atoms with van der Waals surface area (Å²) in [6.45, 7) is 0. The molecule has 0 bridgehead atoms. The Hall–Kier alpha value is -1.41. The number of hydrogen-bond acceptors (Lipinski definition) is 4. The third-order valence-electron chi connectivity index (χ3n) is 1.97. The number of halogens is 2. The molecule has 1 aromatic carbocycles. The lowest BCUT2D eigenvalue weighted by Gasteiger charge is -2.07. The van der Waals surface area contributed by atoms with Crippen molar-refractivity contribution in [3.63, 3.8) is 0 Å². The van der Waals surface area contributed by atoms with Gasteiger partial charge >= 0.3 is 0 Å². The Morgan fingerprint density at radius 2 is 2.11 bits per heavy atom. The van der Waals surface area contributed by atoms with E-state index in [2.05, 4.69) is 0 Å². The van der Waals surface area contributed by atoms with Gasteiger partial charge < -0.3 is 0 Å². The van der Waals surface area contributed by atoms with E-state index in [0.29, 0.717) is 0 Å². The molecule has 0 aliphatic carbocycles. The Morgan fingerprint density at radius 3 is 2.67 bits per heavy atom. The molecule has 0 saturated carbocycles. The Kier molecular flexibility index (Phi) is 4.85. The van der Waals surface area contributed by atoms with Crippen molar-refractivity contribution >= 4 is 33.0 Å². The molecule has 6 nitrogen and oxygen atoms in total. The molecule has 0 aliphatic rings. The van der Waals surface area contributed by atoms with Crippen molar-refractivity contribution < 1.29 is 17.7 Å². The van der Waals surface area contributed by atoms with Crippen molar-refractivity contribution in [2.45, 2.75) is 6.42 Å². The molecule has 0 amide bonds. The number of nitro groups is 1. The molecular formula is C9H10ClFN2O4S. The van der Waals surface area contributed by atoms with Crippen LogP contribution < -0.4 is 4.72 Å². The first-order chi connectivity index (χ1) is 8.35. The first kappa shape index (κ1) is 14.7. The van der Waals surface area contributed by atoms with E-state index < -0.39 is 32.1 Å². The lowest BCUT2D eigenvalue weighted by Crippen LogP contribution is -2.18. The van der Waals surface area contributed by atoms with Crippen molar-refractivity contribution in [1.82, 2.24) is 0 Å². The Balaban J connectivity index is 3.02. The first-order valence-corrected chi connectivity index (χ1v) is 7.05. The molecule has 0 radical (unpaired) electrons. The van der Waals surface area contributed by atoms with E-state index in [9.17, 15) is 22.9 Å². The smallest absolute Gasteiger partial charge is 0.277 e. The van der Waals surface area contributed by atoms with Gasteiger partial charge in [0.05, 0.1) is 10.7 Å². The summed E-state index contributed by atoms with van der Waals surface area (Å²) in [5, 5.41) is 10.7. The van der Waals surface area contributed by atoms with Crippen molar-refractivity contribution in [2.24, 2.45) is 0 Å². The van der Waals surface area contributed by atoms with E-state index in [1.807, 2.05) is 4.72 Å². The highest BCUT2D eigenvalue weighted by atomic mass is 35.5. The van der Waals surface area contributed by atoms with Gasteiger partial charge in [0.2, 0.25) is 10.0 Å². The Morgan fingerprint density at radius 1 is 1.44 bits per heavy atom. The van der Waals surface area contributed by atoms with Crippen LogP contribution in [0.5, 0.6) is 0 Å². The monoisotopic (exact) mass is 296 g/mol. The molecule has 1 rings (SSSR count). The Bertz CT molecular complexity index is 549. The van der Waals surface area contributed by atoms with Gasteiger partial charge in [-0.05, 0) is 12.5 Å². The van der Waals surface area contributed by atoms with Crippen LogP contribution in [0.15, 0.2) is 18.2 Å². The number of nitrogens with one attached hydrogen (secondary N) is 1. The van der Waals surface area contributed by atoms with Gasteiger partial charge in [0.15, 0.2) is 0 Å². The van der Waals surface area contributed by atoms with Crippen LogP contribution in [0, 0.1) is 15.9 Å². The summed E-state index contributed by atoms with van der Waals surface area (Å²) in [4.78, 5) is 9.87.